The van der Waals surface area contributed by atoms with Crippen LogP contribution in [0.1, 0.15) is 36.6 Å². The van der Waals surface area contributed by atoms with Crippen molar-refractivity contribution in [3.8, 4) is 23.1 Å². The van der Waals surface area contributed by atoms with Gasteiger partial charge in [0.25, 0.3) is 0 Å². The Hall–Kier alpha value is -2.21. The maximum atomic E-state index is 9.14. The summed E-state index contributed by atoms with van der Waals surface area (Å²) < 4.78 is 7.48. The molecule has 1 heterocycles. The van der Waals surface area contributed by atoms with Crippen LogP contribution in [0.25, 0.3) is 11.3 Å². The van der Waals surface area contributed by atoms with Crippen LogP contribution in [0.15, 0.2) is 24.3 Å². The van der Waals surface area contributed by atoms with E-state index in [9.17, 15) is 0 Å². The number of hydrogen-bond acceptors (Lipinski definition) is 2. The molecule has 0 unspecified atom stereocenters. The van der Waals surface area contributed by atoms with Crippen molar-refractivity contribution in [2.45, 2.75) is 26.7 Å². The molecule has 0 saturated carbocycles. The number of hydrogen-bond donors (Lipinski definition) is 0. The molecule has 20 heavy (non-hydrogen) atoms. The van der Waals surface area contributed by atoms with E-state index in [2.05, 4.69) is 30.6 Å². The monoisotopic (exact) mass is 268 g/mol. The number of nitriles is 1. The number of methoxy groups -OCH3 is 1. The third-order valence-electron chi connectivity index (χ3n) is 3.80. The zero-order chi connectivity index (χ0) is 14.9. The zero-order valence-electron chi connectivity index (χ0n) is 12.7. The second kappa shape index (κ2) is 5.42. The summed E-state index contributed by atoms with van der Waals surface area (Å²) >= 11 is 0. The molecule has 3 heteroatoms. The predicted octanol–water partition coefficient (Wildman–Crippen LogP) is 4.00. The summed E-state index contributed by atoms with van der Waals surface area (Å²) in [5, 5.41) is 9.14. The summed E-state index contributed by atoms with van der Waals surface area (Å²) in [6, 6.07) is 10.4. The van der Waals surface area contributed by atoms with E-state index >= 15 is 0 Å². The molecule has 1 aromatic carbocycles. The lowest BCUT2D eigenvalue weighted by Crippen LogP contribution is -1.98. The van der Waals surface area contributed by atoms with Crippen LogP contribution in [0, 0.1) is 18.3 Å². The largest absolute Gasteiger partial charge is 0.496 e. The molecule has 0 fully saturated rings. The fraction of sp³-hybridized carbons (Fsp3) is 0.353. The van der Waals surface area contributed by atoms with Crippen molar-refractivity contribution >= 4 is 0 Å². The lowest BCUT2D eigenvalue weighted by molar-refractivity contribution is 0.407. The van der Waals surface area contributed by atoms with E-state index in [4.69, 9.17) is 10.00 Å². The minimum Gasteiger partial charge on any atom is -0.496 e. The highest BCUT2D eigenvalue weighted by atomic mass is 16.5. The molecule has 0 spiro atoms. The van der Waals surface area contributed by atoms with Crippen molar-refractivity contribution in [3.05, 3.63) is 41.1 Å². The quantitative estimate of drug-likeness (QED) is 0.843. The van der Waals surface area contributed by atoms with Crippen LogP contribution in [0.3, 0.4) is 0 Å². The average Bonchev–Trinajstić information content (AvgIpc) is 2.74. The summed E-state index contributed by atoms with van der Waals surface area (Å²) in [6.45, 7) is 6.27. The van der Waals surface area contributed by atoms with Gasteiger partial charge in [-0.1, -0.05) is 13.8 Å². The lowest BCUT2D eigenvalue weighted by Gasteiger charge is -2.14. The third-order valence-corrected chi connectivity index (χ3v) is 3.80. The van der Waals surface area contributed by atoms with Crippen molar-refractivity contribution in [2.75, 3.05) is 7.11 Å². The highest BCUT2D eigenvalue weighted by Crippen LogP contribution is 2.32. The maximum Gasteiger partial charge on any atom is 0.122 e. The summed E-state index contributed by atoms with van der Waals surface area (Å²) in [6.07, 6.45) is 0. The van der Waals surface area contributed by atoms with Gasteiger partial charge in [0.05, 0.1) is 12.7 Å². The van der Waals surface area contributed by atoms with E-state index in [0.29, 0.717) is 5.92 Å². The Morgan fingerprint density at radius 2 is 1.95 bits per heavy atom. The summed E-state index contributed by atoms with van der Waals surface area (Å²) in [5.41, 5.74) is 5.07. The minimum atomic E-state index is 0.390. The molecule has 0 radical (unpaired) electrons. The van der Waals surface area contributed by atoms with E-state index in [1.54, 1.807) is 7.11 Å². The molecular weight excluding hydrogens is 248 g/mol. The first-order chi connectivity index (χ1) is 9.49. The second-order valence-electron chi connectivity index (χ2n) is 5.31. The fourth-order valence-electron chi connectivity index (χ4n) is 2.43. The first kappa shape index (κ1) is 14.2. The molecule has 1 aromatic heterocycles. The van der Waals surface area contributed by atoms with E-state index in [0.717, 1.165) is 28.3 Å². The summed E-state index contributed by atoms with van der Waals surface area (Å²) in [5.74, 6) is 1.30. The van der Waals surface area contributed by atoms with Gasteiger partial charge in [-0.3, -0.25) is 0 Å². The van der Waals surface area contributed by atoms with E-state index in [1.165, 1.54) is 5.56 Å². The van der Waals surface area contributed by atoms with Crippen molar-refractivity contribution in [1.82, 2.24) is 4.57 Å². The molecule has 0 aliphatic heterocycles. The Balaban J connectivity index is 2.60. The molecule has 0 aliphatic carbocycles. The predicted molar refractivity (Wildman–Crippen MR) is 80.9 cm³/mol. The lowest BCUT2D eigenvalue weighted by atomic mass is 9.98. The molecule has 0 atom stereocenters. The number of benzene rings is 1. The molecule has 2 aromatic rings. The van der Waals surface area contributed by atoms with Gasteiger partial charge in [0.15, 0.2) is 0 Å². The SMILES string of the molecule is COc1ccc(-c2cc(C#N)c(C)n2C)cc1C(C)C. The van der Waals surface area contributed by atoms with Crippen molar-refractivity contribution < 1.29 is 4.74 Å². The van der Waals surface area contributed by atoms with Crippen LogP contribution in [0.4, 0.5) is 0 Å². The fourth-order valence-corrected chi connectivity index (χ4v) is 2.43. The molecule has 2 rings (SSSR count). The van der Waals surface area contributed by atoms with Gasteiger partial charge in [0.2, 0.25) is 0 Å². The molecule has 0 bridgehead atoms. The van der Waals surface area contributed by atoms with Crippen LogP contribution in [-0.4, -0.2) is 11.7 Å². The van der Waals surface area contributed by atoms with Gasteiger partial charge in [-0.05, 0) is 48.2 Å². The first-order valence-corrected chi connectivity index (χ1v) is 6.74. The number of nitrogens with zero attached hydrogens (tertiary/aromatic N) is 2. The van der Waals surface area contributed by atoms with E-state index < -0.39 is 0 Å². The molecule has 0 N–H and O–H groups in total. The molecular formula is C17H20N2O. The molecule has 0 amide bonds. The van der Waals surface area contributed by atoms with Crippen LogP contribution < -0.4 is 4.74 Å². The molecule has 104 valence electrons. The summed E-state index contributed by atoms with van der Waals surface area (Å²) in [4.78, 5) is 0. The Morgan fingerprint density at radius 1 is 1.25 bits per heavy atom. The Morgan fingerprint density at radius 3 is 2.45 bits per heavy atom. The number of ether oxygens (including phenoxy) is 1. The maximum absolute atomic E-state index is 9.14. The van der Waals surface area contributed by atoms with Gasteiger partial charge in [0, 0.05) is 18.4 Å². The smallest absolute Gasteiger partial charge is 0.122 e. The van der Waals surface area contributed by atoms with Crippen LogP contribution in [0.5, 0.6) is 5.75 Å². The zero-order valence-corrected chi connectivity index (χ0v) is 12.7. The Bertz CT molecular complexity index is 675. The van der Waals surface area contributed by atoms with Crippen molar-refractivity contribution in [1.29, 1.82) is 5.26 Å². The van der Waals surface area contributed by atoms with Crippen LogP contribution in [0.2, 0.25) is 0 Å². The standard InChI is InChI=1S/C17H20N2O/c1-11(2)15-8-13(6-7-17(15)20-5)16-9-14(10-18)12(3)19(16)4/h6-9,11H,1-5H3. The van der Waals surface area contributed by atoms with Gasteiger partial charge in [-0.25, -0.2) is 0 Å². The van der Waals surface area contributed by atoms with Gasteiger partial charge in [-0.15, -0.1) is 0 Å². The molecule has 3 nitrogen and oxygen atoms in total. The topological polar surface area (TPSA) is 37.9 Å². The normalized spacial score (nSPS) is 10.7. The highest BCUT2D eigenvalue weighted by molar-refractivity contribution is 5.66. The third kappa shape index (κ3) is 2.30. The van der Waals surface area contributed by atoms with Gasteiger partial charge < -0.3 is 9.30 Å². The first-order valence-electron chi connectivity index (χ1n) is 6.74. The Kier molecular flexibility index (Phi) is 3.85. The van der Waals surface area contributed by atoms with Crippen molar-refractivity contribution in [2.24, 2.45) is 7.05 Å². The second-order valence-corrected chi connectivity index (χ2v) is 5.31. The molecule has 0 aliphatic rings. The minimum absolute atomic E-state index is 0.390. The van der Waals surface area contributed by atoms with E-state index in [-0.39, 0.29) is 0 Å². The van der Waals surface area contributed by atoms with Crippen LogP contribution in [-0.2, 0) is 7.05 Å². The Labute approximate surface area is 120 Å². The van der Waals surface area contributed by atoms with Gasteiger partial charge >= 0.3 is 0 Å². The number of rotatable bonds is 3. The van der Waals surface area contributed by atoms with Crippen LogP contribution >= 0.6 is 0 Å². The van der Waals surface area contributed by atoms with Crippen molar-refractivity contribution in [3.63, 3.8) is 0 Å². The van der Waals surface area contributed by atoms with Gasteiger partial charge in [-0.2, -0.15) is 5.26 Å². The van der Waals surface area contributed by atoms with E-state index in [1.807, 2.05) is 32.2 Å². The number of aromatic nitrogens is 1. The highest BCUT2D eigenvalue weighted by Gasteiger charge is 2.14. The van der Waals surface area contributed by atoms with Gasteiger partial charge in [0.1, 0.15) is 11.8 Å². The average molecular weight is 268 g/mol. The summed E-state index contributed by atoms with van der Waals surface area (Å²) in [7, 11) is 3.69. The molecule has 0 saturated heterocycles.